The van der Waals surface area contributed by atoms with E-state index in [-0.39, 0.29) is 11.2 Å². The van der Waals surface area contributed by atoms with Crippen LogP contribution in [0.2, 0.25) is 0 Å². The van der Waals surface area contributed by atoms with Crippen LogP contribution in [-0.2, 0) is 4.79 Å². The highest BCUT2D eigenvalue weighted by Crippen LogP contribution is 2.24. The molecule has 1 heterocycles. The predicted molar refractivity (Wildman–Crippen MR) is 94.3 cm³/mol. The summed E-state index contributed by atoms with van der Waals surface area (Å²) < 4.78 is 1.54. The average molecular weight is 339 g/mol. The minimum atomic E-state index is -0.204. The average Bonchev–Trinajstić information content (AvgIpc) is 3.12. The maximum Gasteiger partial charge on any atom is 0.237 e. The highest BCUT2D eigenvalue weighted by atomic mass is 32.2. The molecule has 0 aliphatic carbocycles. The molecule has 0 aliphatic heterocycles. The molecule has 1 amide bonds. The number of hydrogen-bond acceptors (Lipinski definition) is 5. The number of aryl methyl sites for hydroxylation is 1. The number of aromatic nitrogens is 4. The van der Waals surface area contributed by atoms with Crippen LogP contribution in [0.15, 0.2) is 59.8 Å². The molecular formula is C17H17N5OS. The van der Waals surface area contributed by atoms with Gasteiger partial charge >= 0.3 is 0 Å². The van der Waals surface area contributed by atoms with E-state index < -0.39 is 0 Å². The first kappa shape index (κ1) is 16.2. The molecule has 0 aliphatic rings. The Bertz CT molecular complexity index is 817. The van der Waals surface area contributed by atoms with Crippen molar-refractivity contribution in [1.29, 1.82) is 0 Å². The predicted octanol–water partition coefficient (Wildman–Crippen LogP) is 3.09. The lowest BCUT2D eigenvalue weighted by molar-refractivity contribution is -0.115. The number of tetrazole rings is 1. The normalized spacial score (nSPS) is 11.9. The summed E-state index contributed by atoms with van der Waals surface area (Å²) in [7, 11) is 0. The summed E-state index contributed by atoms with van der Waals surface area (Å²) in [4.78, 5) is 13.5. The van der Waals surface area contributed by atoms with E-state index in [1.165, 1.54) is 23.7 Å². The Morgan fingerprint density at radius 1 is 1.21 bits per heavy atom. The Labute approximate surface area is 144 Å². The fourth-order valence-electron chi connectivity index (χ4n) is 2.12. The zero-order valence-electron chi connectivity index (χ0n) is 13.4. The molecule has 1 N–H and O–H groups in total. The van der Waals surface area contributed by atoms with Gasteiger partial charge in [0.15, 0.2) is 0 Å². The van der Waals surface area contributed by atoms with E-state index in [9.17, 15) is 4.79 Å². The van der Waals surface area contributed by atoms with Crippen molar-refractivity contribution >= 4 is 23.4 Å². The zero-order valence-corrected chi connectivity index (χ0v) is 14.2. The third-order valence-electron chi connectivity index (χ3n) is 3.43. The highest BCUT2D eigenvalue weighted by Gasteiger charge is 2.15. The number of thioether (sulfide) groups is 1. The topological polar surface area (TPSA) is 72.7 Å². The summed E-state index contributed by atoms with van der Waals surface area (Å²) in [6, 6.07) is 15.5. The summed E-state index contributed by atoms with van der Waals surface area (Å²) in [6.07, 6.45) is 1.51. The Morgan fingerprint density at radius 2 is 2.00 bits per heavy atom. The van der Waals surface area contributed by atoms with Crippen LogP contribution in [-0.4, -0.2) is 31.4 Å². The monoisotopic (exact) mass is 339 g/mol. The van der Waals surface area contributed by atoms with Gasteiger partial charge < -0.3 is 5.32 Å². The van der Waals surface area contributed by atoms with Gasteiger partial charge in [-0.25, -0.2) is 4.68 Å². The summed E-state index contributed by atoms with van der Waals surface area (Å²) in [6.45, 7) is 3.94. The van der Waals surface area contributed by atoms with E-state index in [0.29, 0.717) is 5.69 Å². The number of benzene rings is 2. The molecule has 0 unspecified atom stereocenters. The van der Waals surface area contributed by atoms with Gasteiger partial charge in [0.05, 0.1) is 10.9 Å². The van der Waals surface area contributed by atoms with Gasteiger partial charge in [-0.05, 0) is 54.6 Å². The summed E-state index contributed by atoms with van der Waals surface area (Å²) in [5.74, 6) is -0.0468. The van der Waals surface area contributed by atoms with Crippen LogP contribution >= 0.6 is 11.8 Å². The molecule has 7 heteroatoms. The van der Waals surface area contributed by atoms with Crippen LogP contribution in [0.1, 0.15) is 12.5 Å². The first-order valence-corrected chi connectivity index (χ1v) is 8.37. The van der Waals surface area contributed by atoms with Crippen molar-refractivity contribution in [3.8, 4) is 5.69 Å². The Hall–Kier alpha value is -2.67. The van der Waals surface area contributed by atoms with Crippen LogP contribution < -0.4 is 5.32 Å². The number of nitrogens with one attached hydrogen (secondary N) is 1. The second-order valence-corrected chi connectivity index (χ2v) is 6.78. The Kier molecular flexibility index (Phi) is 4.90. The van der Waals surface area contributed by atoms with Gasteiger partial charge in [0.25, 0.3) is 0 Å². The van der Waals surface area contributed by atoms with E-state index >= 15 is 0 Å². The lowest BCUT2D eigenvalue weighted by atomic mass is 10.2. The first-order chi connectivity index (χ1) is 11.6. The third kappa shape index (κ3) is 3.99. The third-order valence-corrected chi connectivity index (χ3v) is 4.54. The Morgan fingerprint density at radius 3 is 2.71 bits per heavy atom. The molecule has 2 aromatic carbocycles. The molecule has 0 saturated heterocycles. The maximum atomic E-state index is 12.4. The number of amides is 1. The molecular weight excluding hydrogens is 322 g/mol. The van der Waals surface area contributed by atoms with Crippen molar-refractivity contribution in [2.24, 2.45) is 0 Å². The number of anilines is 1. The summed E-state index contributed by atoms with van der Waals surface area (Å²) in [5, 5.41) is 13.8. The van der Waals surface area contributed by atoms with Crippen LogP contribution in [0.25, 0.3) is 5.69 Å². The molecule has 0 fully saturated rings. The summed E-state index contributed by atoms with van der Waals surface area (Å²) >= 11 is 1.53. The quantitative estimate of drug-likeness (QED) is 0.723. The largest absolute Gasteiger partial charge is 0.325 e. The fourth-order valence-corrected chi connectivity index (χ4v) is 2.99. The van der Waals surface area contributed by atoms with Crippen molar-refractivity contribution in [3.63, 3.8) is 0 Å². The van der Waals surface area contributed by atoms with E-state index in [2.05, 4.69) is 20.8 Å². The van der Waals surface area contributed by atoms with Gasteiger partial charge in [-0.15, -0.1) is 16.9 Å². The number of hydrogen-bond donors (Lipinski definition) is 1. The molecule has 0 bridgehead atoms. The SMILES string of the molecule is Cc1ccc(S[C@@H](C)C(=O)Nc2cccc(-n3cnnn3)c2)cc1. The molecule has 0 radical (unpaired) electrons. The molecule has 0 saturated carbocycles. The molecule has 1 atom stereocenters. The molecule has 6 nitrogen and oxygen atoms in total. The maximum absolute atomic E-state index is 12.4. The van der Waals surface area contributed by atoms with Crippen LogP contribution in [0.4, 0.5) is 5.69 Å². The fraction of sp³-hybridized carbons (Fsp3) is 0.176. The van der Waals surface area contributed by atoms with Gasteiger partial charge in [0.2, 0.25) is 5.91 Å². The minimum absolute atomic E-state index is 0.0468. The molecule has 122 valence electrons. The zero-order chi connectivity index (χ0) is 16.9. The van der Waals surface area contributed by atoms with Crippen LogP contribution in [0, 0.1) is 6.92 Å². The Balaban J connectivity index is 1.66. The van der Waals surface area contributed by atoms with Crippen molar-refractivity contribution in [2.45, 2.75) is 24.0 Å². The van der Waals surface area contributed by atoms with Crippen LogP contribution in [0.5, 0.6) is 0 Å². The van der Waals surface area contributed by atoms with Crippen molar-refractivity contribution in [3.05, 3.63) is 60.4 Å². The van der Waals surface area contributed by atoms with E-state index in [1.54, 1.807) is 4.68 Å². The molecule has 0 spiro atoms. The van der Waals surface area contributed by atoms with Gasteiger partial charge in [-0.1, -0.05) is 23.8 Å². The second-order valence-electron chi connectivity index (χ2n) is 5.37. The van der Waals surface area contributed by atoms with Gasteiger partial charge in [-0.3, -0.25) is 4.79 Å². The van der Waals surface area contributed by atoms with Gasteiger partial charge in [-0.2, -0.15) is 0 Å². The van der Waals surface area contributed by atoms with Gasteiger partial charge in [0, 0.05) is 10.6 Å². The van der Waals surface area contributed by atoms with Crippen molar-refractivity contribution in [2.75, 3.05) is 5.32 Å². The lowest BCUT2D eigenvalue weighted by Gasteiger charge is -2.13. The highest BCUT2D eigenvalue weighted by molar-refractivity contribution is 8.00. The standard InChI is InChI=1S/C17H17N5OS/c1-12-6-8-16(9-7-12)24-13(2)17(23)19-14-4-3-5-15(10-14)22-11-18-20-21-22/h3-11,13H,1-2H3,(H,19,23)/t13-/m0/s1. The number of carbonyl (C=O) groups is 1. The first-order valence-electron chi connectivity index (χ1n) is 7.49. The van der Waals surface area contributed by atoms with Gasteiger partial charge in [0.1, 0.15) is 6.33 Å². The molecule has 3 rings (SSSR count). The smallest absolute Gasteiger partial charge is 0.237 e. The lowest BCUT2D eigenvalue weighted by Crippen LogP contribution is -2.22. The van der Waals surface area contributed by atoms with E-state index in [0.717, 1.165) is 10.6 Å². The summed E-state index contributed by atoms with van der Waals surface area (Å²) in [5.41, 5.74) is 2.71. The molecule has 3 aromatic rings. The second kappa shape index (κ2) is 7.27. The molecule has 1 aromatic heterocycles. The van der Waals surface area contributed by atoms with E-state index in [1.807, 2.05) is 62.4 Å². The number of carbonyl (C=O) groups excluding carboxylic acids is 1. The van der Waals surface area contributed by atoms with Crippen molar-refractivity contribution in [1.82, 2.24) is 20.2 Å². The molecule has 24 heavy (non-hydrogen) atoms. The van der Waals surface area contributed by atoms with E-state index in [4.69, 9.17) is 0 Å². The number of rotatable bonds is 5. The van der Waals surface area contributed by atoms with Crippen LogP contribution in [0.3, 0.4) is 0 Å². The minimum Gasteiger partial charge on any atom is -0.325 e. The number of nitrogens with zero attached hydrogens (tertiary/aromatic N) is 4. The van der Waals surface area contributed by atoms with Crippen molar-refractivity contribution < 1.29 is 4.79 Å².